The normalized spacial score (nSPS) is 35.1. The minimum absolute atomic E-state index is 0.116. The van der Waals surface area contributed by atoms with Gasteiger partial charge in [-0.2, -0.15) is 0 Å². The highest BCUT2D eigenvalue weighted by Gasteiger charge is 2.47. The van der Waals surface area contributed by atoms with E-state index in [9.17, 15) is 4.79 Å². The van der Waals surface area contributed by atoms with E-state index in [2.05, 4.69) is 38.0 Å². The zero-order valence-corrected chi connectivity index (χ0v) is 10.5. The second kappa shape index (κ2) is 3.51. The van der Waals surface area contributed by atoms with Gasteiger partial charge in [0, 0.05) is 0 Å². The van der Waals surface area contributed by atoms with Crippen molar-refractivity contribution in [2.45, 2.75) is 52.0 Å². The second-order valence-electron chi connectivity index (χ2n) is 6.28. The minimum Gasteiger partial charge on any atom is -0.358 e. The molecule has 90 valence electrons. The molecule has 0 unspecified atom stereocenters. The van der Waals surface area contributed by atoms with Gasteiger partial charge in [-0.05, 0) is 37.0 Å². The zero-order chi connectivity index (χ0) is 12.0. The first-order valence-electron chi connectivity index (χ1n) is 6.12. The van der Waals surface area contributed by atoms with Crippen LogP contribution in [0, 0.1) is 11.3 Å². The van der Waals surface area contributed by atoms with Crippen LogP contribution in [0.4, 0.5) is 0 Å². The van der Waals surface area contributed by atoms with E-state index in [1.807, 2.05) is 0 Å². The average Bonchev–Trinajstić information content (AvgIpc) is 2.41. The van der Waals surface area contributed by atoms with Gasteiger partial charge in [0.25, 0.3) is 5.91 Å². The summed E-state index contributed by atoms with van der Waals surface area (Å²) in [6.45, 7) is 10.6. The van der Waals surface area contributed by atoms with Gasteiger partial charge in [-0.25, -0.2) is 0 Å². The molecule has 0 aromatic rings. The Balaban J connectivity index is 2.05. The summed E-state index contributed by atoms with van der Waals surface area (Å²) in [7, 11) is 0. The van der Waals surface area contributed by atoms with Gasteiger partial charge in [-0.3, -0.25) is 4.79 Å². The number of carbonyl (C=O) groups excluding carboxylic acids is 1. The van der Waals surface area contributed by atoms with Crippen molar-refractivity contribution in [3.8, 4) is 0 Å². The fourth-order valence-corrected chi connectivity index (χ4v) is 2.96. The molecular formula is C13H22N2O. The van der Waals surface area contributed by atoms with Crippen molar-refractivity contribution in [2.75, 3.05) is 0 Å². The van der Waals surface area contributed by atoms with E-state index in [1.165, 1.54) is 0 Å². The number of carbonyl (C=O) groups is 1. The first-order chi connectivity index (χ1) is 7.33. The quantitative estimate of drug-likeness (QED) is 0.659. The summed E-state index contributed by atoms with van der Waals surface area (Å²) in [5.74, 6) is 1.51. The third kappa shape index (κ3) is 1.83. The lowest BCUT2D eigenvalue weighted by molar-refractivity contribution is -0.125. The molecule has 0 bridgehead atoms. The van der Waals surface area contributed by atoms with E-state index in [0.29, 0.717) is 11.2 Å². The van der Waals surface area contributed by atoms with Gasteiger partial charge in [-0.15, -0.1) is 0 Å². The molecule has 1 saturated carbocycles. The monoisotopic (exact) mass is 222 g/mol. The number of amides is 1. The van der Waals surface area contributed by atoms with Gasteiger partial charge >= 0.3 is 0 Å². The van der Waals surface area contributed by atoms with E-state index < -0.39 is 0 Å². The fraction of sp³-hybridized carbons (Fsp3) is 0.769. The minimum atomic E-state index is -0.348. The van der Waals surface area contributed by atoms with Gasteiger partial charge in [0.15, 0.2) is 0 Å². The van der Waals surface area contributed by atoms with E-state index in [1.54, 1.807) is 0 Å². The van der Waals surface area contributed by atoms with Crippen LogP contribution in [-0.2, 0) is 4.79 Å². The Bertz CT molecular complexity index is 319. The Hall–Kier alpha value is -0.990. The highest BCUT2D eigenvalue weighted by atomic mass is 16.2. The van der Waals surface area contributed by atoms with E-state index in [-0.39, 0.29) is 11.4 Å². The first kappa shape index (κ1) is 11.5. The van der Waals surface area contributed by atoms with Crippen molar-refractivity contribution in [1.82, 2.24) is 10.6 Å². The predicted octanol–water partition coefficient (Wildman–Crippen LogP) is 2.15. The van der Waals surface area contributed by atoms with Crippen molar-refractivity contribution in [3.63, 3.8) is 0 Å². The number of hydrogen-bond acceptors (Lipinski definition) is 2. The lowest BCUT2D eigenvalue weighted by atomic mass is 9.67. The molecule has 2 aliphatic rings. The van der Waals surface area contributed by atoms with E-state index in [4.69, 9.17) is 0 Å². The van der Waals surface area contributed by atoms with Gasteiger partial charge in [-0.1, -0.05) is 27.4 Å². The molecule has 2 rings (SSSR count). The van der Waals surface area contributed by atoms with Crippen molar-refractivity contribution >= 4 is 5.91 Å². The second-order valence-corrected chi connectivity index (χ2v) is 6.28. The molecule has 1 heterocycles. The van der Waals surface area contributed by atoms with Crippen LogP contribution in [0.25, 0.3) is 0 Å². The Morgan fingerprint density at radius 3 is 2.25 bits per heavy atom. The van der Waals surface area contributed by atoms with Crippen LogP contribution >= 0.6 is 0 Å². The molecule has 0 radical (unpaired) electrons. The van der Waals surface area contributed by atoms with Crippen molar-refractivity contribution in [3.05, 3.63) is 12.4 Å². The van der Waals surface area contributed by atoms with Crippen LogP contribution in [0.15, 0.2) is 12.4 Å². The van der Waals surface area contributed by atoms with Gasteiger partial charge in [0.1, 0.15) is 5.54 Å². The smallest absolute Gasteiger partial charge is 0.251 e. The summed E-state index contributed by atoms with van der Waals surface area (Å²) in [5, 5.41) is 6.02. The third-order valence-corrected chi connectivity index (χ3v) is 4.15. The Kier molecular flexibility index (Phi) is 2.52. The summed E-state index contributed by atoms with van der Waals surface area (Å²) < 4.78 is 0. The zero-order valence-electron chi connectivity index (χ0n) is 10.5. The summed E-state index contributed by atoms with van der Waals surface area (Å²) in [5.41, 5.74) is 0.00648. The topological polar surface area (TPSA) is 41.1 Å². The number of hydrogen-bond donors (Lipinski definition) is 2. The molecule has 16 heavy (non-hydrogen) atoms. The summed E-state index contributed by atoms with van der Waals surface area (Å²) >= 11 is 0. The number of nitrogens with one attached hydrogen (secondary N) is 2. The molecule has 1 saturated heterocycles. The first-order valence-corrected chi connectivity index (χ1v) is 6.12. The van der Waals surface area contributed by atoms with Gasteiger partial charge < -0.3 is 10.6 Å². The maximum atomic E-state index is 11.9. The van der Waals surface area contributed by atoms with Crippen molar-refractivity contribution < 1.29 is 4.79 Å². The van der Waals surface area contributed by atoms with Crippen LogP contribution in [0.2, 0.25) is 0 Å². The van der Waals surface area contributed by atoms with E-state index >= 15 is 0 Å². The molecule has 2 fully saturated rings. The largest absolute Gasteiger partial charge is 0.358 e. The molecule has 1 aliphatic carbocycles. The fourth-order valence-electron chi connectivity index (χ4n) is 2.96. The lowest BCUT2D eigenvalue weighted by Crippen LogP contribution is -2.49. The van der Waals surface area contributed by atoms with Crippen LogP contribution in [0.3, 0.4) is 0 Å². The highest BCUT2D eigenvalue weighted by Crippen LogP contribution is 2.42. The molecule has 0 atom stereocenters. The lowest BCUT2D eigenvalue weighted by Gasteiger charge is -2.40. The van der Waals surface area contributed by atoms with Crippen LogP contribution < -0.4 is 10.6 Å². The molecular weight excluding hydrogens is 200 g/mol. The van der Waals surface area contributed by atoms with Crippen LogP contribution in [0.5, 0.6) is 0 Å². The summed E-state index contributed by atoms with van der Waals surface area (Å²) in [6, 6.07) is 0. The predicted molar refractivity (Wildman–Crippen MR) is 64.6 cm³/mol. The summed E-state index contributed by atoms with van der Waals surface area (Å²) in [4.78, 5) is 11.9. The number of rotatable bonds is 0. The van der Waals surface area contributed by atoms with E-state index in [0.717, 1.165) is 31.6 Å². The Morgan fingerprint density at radius 2 is 1.88 bits per heavy atom. The molecule has 1 aliphatic heterocycles. The standard InChI is InChI=1S/C13H22N2O/c1-9-14-11(16)13(15-9)7-5-10(6-8-13)12(2,3)4/h10,15H,1,5-8H2,2-4H3,(H,14,16). The highest BCUT2D eigenvalue weighted by molar-refractivity contribution is 5.90. The third-order valence-electron chi connectivity index (χ3n) is 4.15. The average molecular weight is 222 g/mol. The molecule has 0 aromatic heterocycles. The maximum absolute atomic E-state index is 11.9. The Morgan fingerprint density at radius 1 is 1.31 bits per heavy atom. The van der Waals surface area contributed by atoms with Crippen molar-refractivity contribution in [1.29, 1.82) is 0 Å². The molecule has 3 nitrogen and oxygen atoms in total. The Labute approximate surface area is 97.7 Å². The van der Waals surface area contributed by atoms with Gasteiger partial charge in [0.2, 0.25) is 0 Å². The SMILES string of the molecule is C=C1NC(=O)C2(CCC(C(C)(C)C)CC2)N1. The maximum Gasteiger partial charge on any atom is 0.251 e. The molecule has 1 spiro atoms. The molecule has 2 N–H and O–H groups in total. The summed E-state index contributed by atoms with van der Waals surface area (Å²) in [6.07, 6.45) is 4.11. The van der Waals surface area contributed by atoms with Crippen LogP contribution in [0.1, 0.15) is 46.5 Å². The molecule has 0 aromatic carbocycles. The molecule has 1 amide bonds. The van der Waals surface area contributed by atoms with Crippen LogP contribution in [-0.4, -0.2) is 11.4 Å². The van der Waals surface area contributed by atoms with Gasteiger partial charge in [0.05, 0.1) is 5.82 Å². The van der Waals surface area contributed by atoms with Crippen molar-refractivity contribution in [2.24, 2.45) is 11.3 Å². The molecule has 3 heteroatoms.